The summed E-state index contributed by atoms with van der Waals surface area (Å²) in [5.74, 6) is -0.320. The van der Waals surface area contributed by atoms with Crippen LogP contribution in [-0.4, -0.2) is 29.4 Å². The largest absolute Gasteiger partial charge is 0.297 e. The number of aromatic nitrogens is 6. The predicted molar refractivity (Wildman–Crippen MR) is 106 cm³/mol. The van der Waals surface area contributed by atoms with Crippen molar-refractivity contribution < 1.29 is 4.39 Å². The predicted octanol–water partition coefficient (Wildman–Crippen LogP) is 2.88. The van der Waals surface area contributed by atoms with Gasteiger partial charge in [0.1, 0.15) is 12.1 Å². The summed E-state index contributed by atoms with van der Waals surface area (Å²) in [7, 11) is 0. The lowest BCUT2D eigenvalue weighted by molar-refractivity contribution is 0.628. The molecule has 3 aromatic heterocycles. The molecule has 8 heteroatoms. The molecule has 0 fully saturated rings. The van der Waals surface area contributed by atoms with Gasteiger partial charge in [0.25, 0.3) is 5.56 Å². The maximum Gasteiger partial charge on any atom is 0.283 e. The molecule has 29 heavy (non-hydrogen) atoms. The van der Waals surface area contributed by atoms with Gasteiger partial charge >= 0.3 is 0 Å². The summed E-state index contributed by atoms with van der Waals surface area (Å²) >= 11 is 0. The molecule has 0 radical (unpaired) electrons. The highest BCUT2D eigenvalue weighted by Gasteiger charge is 2.15. The van der Waals surface area contributed by atoms with Crippen molar-refractivity contribution in [2.45, 2.75) is 13.0 Å². The Kier molecular flexibility index (Phi) is 4.09. The van der Waals surface area contributed by atoms with Crippen molar-refractivity contribution in [1.29, 1.82) is 0 Å². The average molecular weight is 386 g/mol. The van der Waals surface area contributed by atoms with Crippen molar-refractivity contribution in [1.82, 2.24) is 29.4 Å². The van der Waals surface area contributed by atoms with Crippen LogP contribution in [0.5, 0.6) is 0 Å². The SMILES string of the molecule is O=c1c2nnc3c(-c4ccc(F)cc4)cnn3c2ncn1CCc1ccccc1. The fourth-order valence-corrected chi connectivity index (χ4v) is 3.29. The Labute approximate surface area is 164 Å². The topological polar surface area (TPSA) is 78.0 Å². The van der Waals surface area contributed by atoms with Crippen LogP contribution in [0.25, 0.3) is 27.9 Å². The van der Waals surface area contributed by atoms with Crippen LogP contribution in [0.15, 0.2) is 71.9 Å². The molecule has 0 atom stereocenters. The number of hydrogen-bond donors (Lipinski definition) is 0. The lowest BCUT2D eigenvalue weighted by Gasteiger charge is -2.07. The van der Waals surface area contributed by atoms with Crippen molar-refractivity contribution in [3.63, 3.8) is 0 Å². The Hall–Kier alpha value is -3.94. The van der Waals surface area contributed by atoms with Gasteiger partial charge in [0.05, 0.1) is 6.20 Å². The van der Waals surface area contributed by atoms with Gasteiger partial charge in [-0.1, -0.05) is 42.5 Å². The summed E-state index contributed by atoms with van der Waals surface area (Å²) in [5, 5.41) is 12.6. The highest BCUT2D eigenvalue weighted by molar-refractivity contribution is 5.80. The summed E-state index contributed by atoms with van der Waals surface area (Å²) < 4.78 is 16.2. The van der Waals surface area contributed by atoms with Gasteiger partial charge < -0.3 is 0 Å². The summed E-state index contributed by atoms with van der Waals surface area (Å²) in [4.78, 5) is 17.2. The van der Waals surface area contributed by atoms with Crippen LogP contribution in [-0.2, 0) is 13.0 Å². The molecule has 0 saturated carbocycles. The van der Waals surface area contributed by atoms with Gasteiger partial charge in [0, 0.05) is 12.1 Å². The molecule has 5 aromatic rings. The van der Waals surface area contributed by atoms with Crippen molar-refractivity contribution in [3.05, 3.63) is 88.9 Å². The molecule has 3 heterocycles. The summed E-state index contributed by atoms with van der Waals surface area (Å²) in [6.07, 6.45) is 3.83. The number of nitrogens with zero attached hydrogens (tertiary/aromatic N) is 6. The van der Waals surface area contributed by atoms with Crippen molar-refractivity contribution in [3.8, 4) is 11.1 Å². The molecule has 0 amide bonds. The molecule has 7 nitrogen and oxygen atoms in total. The highest BCUT2D eigenvalue weighted by atomic mass is 19.1. The number of benzene rings is 2. The Morgan fingerprint density at radius 2 is 1.72 bits per heavy atom. The van der Waals surface area contributed by atoms with Crippen LogP contribution in [0.2, 0.25) is 0 Å². The lowest BCUT2D eigenvalue weighted by atomic mass is 10.1. The van der Waals surface area contributed by atoms with Gasteiger partial charge in [0.15, 0.2) is 16.8 Å². The molecule has 0 saturated heterocycles. The molecule has 0 aliphatic heterocycles. The van der Waals surface area contributed by atoms with Gasteiger partial charge in [-0.15, -0.1) is 10.2 Å². The van der Waals surface area contributed by atoms with Gasteiger partial charge in [-0.3, -0.25) is 9.36 Å². The second-order valence-corrected chi connectivity index (χ2v) is 6.65. The van der Waals surface area contributed by atoms with Crippen LogP contribution >= 0.6 is 0 Å². The van der Waals surface area contributed by atoms with Gasteiger partial charge in [-0.25, -0.2) is 9.37 Å². The zero-order chi connectivity index (χ0) is 19.8. The number of halogens is 1. The average Bonchev–Trinajstić information content (AvgIpc) is 3.19. The minimum Gasteiger partial charge on any atom is -0.297 e. The molecule has 0 spiro atoms. The molecule has 142 valence electrons. The van der Waals surface area contributed by atoms with E-state index in [1.807, 2.05) is 30.3 Å². The summed E-state index contributed by atoms with van der Waals surface area (Å²) in [6.45, 7) is 0.492. The Bertz CT molecular complexity index is 1380. The second-order valence-electron chi connectivity index (χ2n) is 6.65. The monoisotopic (exact) mass is 386 g/mol. The van der Waals surface area contributed by atoms with E-state index in [-0.39, 0.29) is 16.9 Å². The zero-order valence-electron chi connectivity index (χ0n) is 15.2. The van der Waals surface area contributed by atoms with E-state index < -0.39 is 0 Å². The van der Waals surface area contributed by atoms with Gasteiger partial charge in [0.2, 0.25) is 0 Å². The van der Waals surface area contributed by atoms with E-state index >= 15 is 0 Å². The minimum atomic E-state index is -0.320. The number of fused-ring (bicyclic) bond motifs is 3. The number of rotatable bonds is 4. The molecular formula is C21H15FN6O. The van der Waals surface area contributed by atoms with Crippen molar-refractivity contribution >= 4 is 16.8 Å². The van der Waals surface area contributed by atoms with E-state index in [0.717, 1.165) is 11.1 Å². The molecule has 0 bridgehead atoms. The van der Waals surface area contributed by atoms with Crippen LogP contribution in [0, 0.1) is 5.82 Å². The van der Waals surface area contributed by atoms with E-state index in [9.17, 15) is 9.18 Å². The Morgan fingerprint density at radius 1 is 0.931 bits per heavy atom. The van der Waals surface area contributed by atoms with E-state index in [0.29, 0.717) is 29.8 Å². The first-order chi connectivity index (χ1) is 14.2. The quantitative estimate of drug-likeness (QED) is 0.475. The van der Waals surface area contributed by atoms with Crippen molar-refractivity contribution in [2.75, 3.05) is 0 Å². The van der Waals surface area contributed by atoms with Crippen LogP contribution in [0.1, 0.15) is 5.56 Å². The third-order valence-electron chi connectivity index (χ3n) is 4.82. The summed E-state index contributed by atoms with van der Waals surface area (Å²) in [5.41, 5.74) is 3.26. The van der Waals surface area contributed by atoms with E-state index in [4.69, 9.17) is 0 Å². The molecule has 0 aliphatic carbocycles. The maximum atomic E-state index is 13.2. The first-order valence-corrected chi connectivity index (χ1v) is 9.10. The minimum absolute atomic E-state index is 0.154. The molecule has 0 aliphatic rings. The molecule has 5 rings (SSSR count). The fraction of sp³-hybridized carbons (Fsp3) is 0.0952. The van der Waals surface area contributed by atoms with Crippen LogP contribution in [0.3, 0.4) is 0 Å². The molecule has 0 unspecified atom stereocenters. The first kappa shape index (κ1) is 17.2. The smallest absolute Gasteiger partial charge is 0.283 e. The molecular weight excluding hydrogens is 371 g/mol. The first-order valence-electron chi connectivity index (χ1n) is 9.10. The fourth-order valence-electron chi connectivity index (χ4n) is 3.29. The van der Waals surface area contributed by atoms with E-state index in [1.54, 1.807) is 18.3 Å². The maximum absolute atomic E-state index is 13.2. The molecule has 0 N–H and O–H groups in total. The third-order valence-corrected chi connectivity index (χ3v) is 4.82. The normalized spacial score (nSPS) is 11.3. The van der Waals surface area contributed by atoms with Gasteiger partial charge in [-0.05, 0) is 29.7 Å². The number of aryl methyl sites for hydroxylation is 2. The lowest BCUT2D eigenvalue weighted by Crippen LogP contribution is -2.23. The molecule has 2 aromatic carbocycles. The van der Waals surface area contributed by atoms with Crippen molar-refractivity contribution in [2.24, 2.45) is 0 Å². The van der Waals surface area contributed by atoms with Crippen LogP contribution < -0.4 is 5.56 Å². The standard InChI is InChI=1S/C21H15FN6O/c22-16-8-6-15(7-9-16)17-12-24-28-19(17)26-25-18-20(28)23-13-27(21(18)29)11-10-14-4-2-1-3-5-14/h1-9,12-13H,10-11H2. The third kappa shape index (κ3) is 3.04. The van der Waals surface area contributed by atoms with E-state index in [1.165, 1.54) is 27.5 Å². The second kappa shape index (κ2) is 6.90. The van der Waals surface area contributed by atoms with Gasteiger partial charge in [-0.2, -0.15) is 9.61 Å². The van der Waals surface area contributed by atoms with E-state index in [2.05, 4.69) is 20.3 Å². The Morgan fingerprint density at radius 3 is 2.52 bits per heavy atom. The Balaban J connectivity index is 1.55. The highest BCUT2D eigenvalue weighted by Crippen LogP contribution is 2.24. The van der Waals surface area contributed by atoms with Crippen LogP contribution in [0.4, 0.5) is 4.39 Å². The zero-order valence-corrected chi connectivity index (χ0v) is 15.2. The summed E-state index contributed by atoms with van der Waals surface area (Å²) in [6, 6.07) is 16.0. The number of hydrogen-bond acceptors (Lipinski definition) is 5.